The van der Waals surface area contributed by atoms with E-state index in [0.29, 0.717) is 12.1 Å². The first kappa shape index (κ1) is 19.4. The molecular weight excluding hydrogens is 360 g/mol. The highest BCUT2D eigenvalue weighted by molar-refractivity contribution is 7.92. The average Bonchev–Trinajstić information content (AvgIpc) is 2.71. The fraction of sp³-hybridized carbons (Fsp3) is 0.381. The molecule has 3 rings (SSSR count). The van der Waals surface area contributed by atoms with E-state index in [9.17, 15) is 13.2 Å². The van der Waals surface area contributed by atoms with Crippen molar-refractivity contribution in [3.05, 3.63) is 59.7 Å². The van der Waals surface area contributed by atoms with Crippen LogP contribution in [0, 0.1) is 0 Å². The van der Waals surface area contributed by atoms with Crippen LogP contribution in [0.4, 0.5) is 5.69 Å². The molecule has 0 saturated carbocycles. The van der Waals surface area contributed by atoms with Crippen LogP contribution in [0.2, 0.25) is 0 Å². The molecule has 0 atom stereocenters. The largest absolute Gasteiger partial charge is 0.349 e. The minimum absolute atomic E-state index is 0.130. The van der Waals surface area contributed by atoms with Crippen molar-refractivity contribution in [2.75, 3.05) is 10.8 Å². The summed E-state index contributed by atoms with van der Waals surface area (Å²) in [6.07, 6.45) is 3.41. The van der Waals surface area contributed by atoms with E-state index in [1.165, 1.54) is 16.4 Å². The number of sulfonamides is 1. The number of hydrogen-bond donors (Lipinski definition) is 1. The summed E-state index contributed by atoms with van der Waals surface area (Å²) in [6.45, 7) is 4.53. The van der Waals surface area contributed by atoms with Gasteiger partial charge in [0.1, 0.15) is 0 Å². The second-order valence-electron chi connectivity index (χ2n) is 6.82. The number of fused-ring (bicyclic) bond motifs is 1. The maximum atomic E-state index is 13.1. The lowest BCUT2D eigenvalue weighted by atomic mass is 10.0. The van der Waals surface area contributed by atoms with Gasteiger partial charge in [-0.1, -0.05) is 32.0 Å². The molecule has 1 amide bonds. The van der Waals surface area contributed by atoms with Gasteiger partial charge in [-0.05, 0) is 61.6 Å². The topological polar surface area (TPSA) is 66.5 Å². The molecule has 0 aliphatic carbocycles. The van der Waals surface area contributed by atoms with Gasteiger partial charge in [0, 0.05) is 18.2 Å². The lowest BCUT2D eigenvalue weighted by Gasteiger charge is -2.30. The monoisotopic (exact) mass is 386 g/mol. The third-order valence-corrected chi connectivity index (χ3v) is 6.92. The van der Waals surface area contributed by atoms with Crippen molar-refractivity contribution in [1.29, 1.82) is 0 Å². The Kier molecular flexibility index (Phi) is 5.85. The van der Waals surface area contributed by atoms with Crippen LogP contribution in [0.25, 0.3) is 0 Å². The van der Waals surface area contributed by atoms with Crippen molar-refractivity contribution >= 4 is 21.6 Å². The third-order valence-electron chi connectivity index (χ3n) is 5.09. The maximum Gasteiger partial charge on any atom is 0.264 e. The molecule has 1 aliphatic heterocycles. The normalized spacial score (nSPS) is 14.1. The number of anilines is 1. The van der Waals surface area contributed by atoms with Gasteiger partial charge in [0.2, 0.25) is 0 Å². The van der Waals surface area contributed by atoms with Gasteiger partial charge in [-0.3, -0.25) is 9.10 Å². The van der Waals surface area contributed by atoms with E-state index in [1.807, 2.05) is 38.1 Å². The van der Waals surface area contributed by atoms with Crippen LogP contribution in [0.5, 0.6) is 0 Å². The number of benzene rings is 2. The van der Waals surface area contributed by atoms with Crippen LogP contribution in [-0.2, 0) is 16.4 Å². The van der Waals surface area contributed by atoms with Crippen LogP contribution in [-0.4, -0.2) is 26.9 Å². The average molecular weight is 387 g/mol. The lowest BCUT2D eigenvalue weighted by molar-refractivity contribution is 0.0934. The van der Waals surface area contributed by atoms with Gasteiger partial charge in [-0.2, -0.15) is 0 Å². The second-order valence-corrected chi connectivity index (χ2v) is 8.68. The maximum absolute atomic E-state index is 13.1. The smallest absolute Gasteiger partial charge is 0.264 e. The summed E-state index contributed by atoms with van der Waals surface area (Å²) in [7, 11) is -3.65. The third kappa shape index (κ3) is 4.00. The SMILES string of the molecule is CCC(CC)NC(=O)c1ccc(S(=O)(=O)N2CCCc3ccccc32)cc1. The van der Waals surface area contributed by atoms with E-state index in [4.69, 9.17) is 0 Å². The number of carbonyl (C=O) groups excluding carboxylic acids is 1. The molecule has 5 nitrogen and oxygen atoms in total. The zero-order chi connectivity index (χ0) is 19.4. The Morgan fingerprint density at radius 3 is 2.41 bits per heavy atom. The molecule has 2 aromatic carbocycles. The highest BCUT2D eigenvalue weighted by Gasteiger charge is 2.29. The van der Waals surface area contributed by atoms with Crippen LogP contribution in [0.3, 0.4) is 0 Å². The molecule has 27 heavy (non-hydrogen) atoms. The number of nitrogens with one attached hydrogen (secondary N) is 1. The summed E-state index contributed by atoms with van der Waals surface area (Å²) < 4.78 is 27.7. The molecule has 0 radical (unpaired) electrons. The van der Waals surface area contributed by atoms with Gasteiger partial charge in [0.25, 0.3) is 15.9 Å². The summed E-state index contributed by atoms with van der Waals surface area (Å²) in [5.74, 6) is -0.170. The molecule has 1 heterocycles. The highest BCUT2D eigenvalue weighted by atomic mass is 32.2. The summed E-state index contributed by atoms with van der Waals surface area (Å²) in [6, 6.07) is 14.0. The van der Waals surface area contributed by atoms with Crippen molar-refractivity contribution in [3.8, 4) is 0 Å². The lowest BCUT2D eigenvalue weighted by Crippen LogP contribution is -2.35. The first-order chi connectivity index (χ1) is 13.0. The van der Waals surface area contributed by atoms with Gasteiger partial charge in [0.05, 0.1) is 10.6 Å². The van der Waals surface area contributed by atoms with Crippen LogP contribution in [0.1, 0.15) is 49.0 Å². The fourth-order valence-corrected chi connectivity index (χ4v) is 4.96. The first-order valence-corrected chi connectivity index (χ1v) is 10.9. The number of nitrogens with zero attached hydrogens (tertiary/aromatic N) is 1. The minimum Gasteiger partial charge on any atom is -0.349 e. The Bertz CT molecular complexity index is 903. The van der Waals surface area contributed by atoms with Gasteiger partial charge in [-0.15, -0.1) is 0 Å². The van der Waals surface area contributed by atoms with E-state index in [0.717, 1.165) is 36.9 Å². The number of carbonyl (C=O) groups is 1. The van der Waals surface area contributed by atoms with Crippen molar-refractivity contribution in [3.63, 3.8) is 0 Å². The van der Waals surface area contributed by atoms with E-state index in [1.54, 1.807) is 12.1 Å². The molecule has 0 fully saturated rings. The Balaban J connectivity index is 1.84. The van der Waals surface area contributed by atoms with E-state index < -0.39 is 10.0 Å². The minimum atomic E-state index is -3.65. The molecule has 0 unspecified atom stereocenters. The molecule has 144 valence electrons. The van der Waals surface area contributed by atoms with Crippen molar-refractivity contribution < 1.29 is 13.2 Å². The predicted octanol–water partition coefficient (Wildman–Crippen LogP) is 3.75. The summed E-state index contributed by atoms with van der Waals surface area (Å²) in [5, 5.41) is 2.97. The van der Waals surface area contributed by atoms with E-state index in [-0.39, 0.29) is 16.8 Å². The molecule has 0 aromatic heterocycles. The summed E-state index contributed by atoms with van der Waals surface area (Å²) in [4.78, 5) is 12.5. The number of hydrogen-bond acceptors (Lipinski definition) is 3. The molecule has 0 saturated heterocycles. The molecule has 1 aliphatic rings. The molecule has 2 aromatic rings. The van der Waals surface area contributed by atoms with Gasteiger partial charge < -0.3 is 5.32 Å². The molecule has 6 heteroatoms. The van der Waals surface area contributed by atoms with Crippen molar-refractivity contribution in [1.82, 2.24) is 5.32 Å². The molecular formula is C21H26N2O3S. The Morgan fingerprint density at radius 2 is 1.74 bits per heavy atom. The fourth-order valence-electron chi connectivity index (χ4n) is 3.42. The van der Waals surface area contributed by atoms with Gasteiger partial charge >= 0.3 is 0 Å². The second kappa shape index (κ2) is 8.13. The standard InChI is InChI=1S/C21H26N2O3S/c1-3-18(4-2)22-21(24)17-11-13-19(14-12-17)27(25,26)23-15-7-9-16-8-5-6-10-20(16)23/h5-6,8,10-14,18H,3-4,7,9,15H2,1-2H3,(H,22,24). The first-order valence-electron chi connectivity index (χ1n) is 9.49. The number of amides is 1. The molecule has 1 N–H and O–H groups in total. The number of rotatable bonds is 6. The zero-order valence-corrected chi connectivity index (χ0v) is 16.6. The van der Waals surface area contributed by atoms with Crippen molar-refractivity contribution in [2.45, 2.75) is 50.5 Å². The summed E-state index contributed by atoms with van der Waals surface area (Å²) in [5.41, 5.74) is 2.27. The predicted molar refractivity (Wildman–Crippen MR) is 108 cm³/mol. The number of para-hydroxylation sites is 1. The van der Waals surface area contributed by atoms with Crippen molar-refractivity contribution in [2.24, 2.45) is 0 Å². The Hall–Kier alpha value is -2.34. The summed E-state index contributed by atoms with van der Waals surface area (Å²) >= 11 is 0. The quantitative estimate of drug-likeness (QED) is 0.822. The Labute approximate surface area is 161 Å². The Morgan fingerprint density at radius 1 is 1.07 bits per heavy atom. The van der Waals surface area contributed by atoms with Crippen LogP contribution < -0.4 is 9.62 Å². The highest BCUT2D eigenvalue weighted by Crippen LogP contribution is 2.31. The molecule has 0 spiro atoms. The van der Waals surface area contributed by atoms with Gasteiger partial charge in [0.15, 0.2) is 0 Å². The van der Waals surface area contributed by atoms with E-state index in [2.05, 4.69) is 5.32 Å². The zero-order valence-electron chi connectivity index (χ0n) is 15.8. The van der Waals surface area contributed by atoms with E-state index >= 15 is 0 Å². The van der Waals surface area contributed by atoms with Crippen LogP contribution >= 0.6 is 0 Å². The molecule has 0 bridgehead atoms. The number of aryl methyl sites for hydroxylation is 1. The van der Waals surface area contributed by atoms with Gasteiger partial charge in [-0.25, -0.2) is 8.42 Å². The van der Waals surface area contributed by atoms with Crippen LogP contribution in [0.15, 0.2) is 53.4 Å².